The molecule has 1 aromatic rings. The molecule has 0 saturated heterocycles. The molecule has 4 nitrogen and oxygen atoms in total. The maximum Gasteiger partial charge on any atom is 0.154 e. The van der Waals surface area contributed by atoms with Crippen molar-refractivity contribution in [1.29, 1.82) is 0 Å². The molecule has 0 atom stereocenters. The minimum atomic E-state index is -0.0648. The molecule has 90 valence electrons. The summed E-state index contributed by atoms with van der Waals surface area (Å²) in [6.45, 7) is 2.36. The fourth-order valence-electron chi connectivity index (χ4n) is 0.829. The maximum absolute atomic E-state index is 10.2. The fraction of sp³-hybridized carbons (Fsp3) is 0.417. The molecular weight excluding hydrogens is 206 g/mol. The van der Waals surface area contributed by atoms with Gasteiger partial charge in [0.25, 0.3) is 0 Å². The zero-order valence-corrected chi connectivity index (χ0v) is 9.97. The molecule has 0 radical (unpaired) electrons. The summed E-state index contributed by atoms with van der Waals surface area (Å²) in [6, 6.07) is 7.22. The number of rotatable bonds is 4. The van der Waals surface area contributed by atoms with Crippen molar-refractivity contribution in [3.05, 3.63) is 35.4 Å². The number of ether oxygens (including phenoxy) is 2. The Balaban J connectivity index is 0.000000325. The lowest BCUT2D eigenvalue weighted by Gasteiger charge is -2.03. The second-order valence-corrected chi connectivity index (χ2v) is 3.10. The summed E-state index contributed by atoms with van der Waals surface area (Å²) >= 11 is 0. The van der Waals surface area contributed by atoms with Crippen molar-refractivity contribution in [3.63, 3.8) is 0 Å². The van der Waals surface area contributed by atoms with Gasteiger partial charge in [0.1, 0.15) is 6.29 Å². The molecule has 0 aromatic heterocycles. The summed E-state index contributed by atoms with van der Waals surface area (Å²) in [5.41, 5.74) is 7.09. The van der Waals surface area contributed by atoms with Crippen LogP contribution in [0.1, 0.15) is 22.8 Å². The third-order valence-electron chi connectivity index (χ3n) is 2.02. The predicted octanol–water partition coefficient (Wildman–Crippen LogP) is 1.58. The van der Waals surface area contributed by atoms with Crippen LogP contribution in [0.4, 0.5) is 0 Å². The van der Waals surface area contributed by atoms with E-state index in [1.807, 2.05) is 19.1 Å². The van der Waals surface area contributed by atoms with Crippen LogP contribution in [0.2, 0.25) is 0 Å². The molecule has 0 fully saturated rings. The van der Waals surface area contributed by atoms with E-state index in [9.17, 15) is 4.79 Å². The van der Waals surface area contributed by atoms with Crippen molar-refractivity contribution in [1.82, 2.24) is 0 Å². The van der Waals surface area contributed by atoms with Crippen molar-refractivity contribution >= 4 is 6.29 Å². The van der Waals surface area contributed by atoms with Crippen LogP contribution >= 0.6 is 0 Å². The van der Waals surface area contributed by atoms with E-state index in [4.69, 9.17) is 5.73 Å². The van der Waals surface area contributed by atoms with Gasteiger partial charge in [0.15, 0.2) is 6.29 Å². The zero-order chi connectivity index (χ0) is 12.4. The minimum Gasteiger partial charge on any atom is -0.356 e. The van der Waals surface area contributed by atoms with E-state index in [1.165, 1.54) is 0 Å². The Morgan fingerprint density at radius 1 is 1.25 bits per heavy atom. The van der Waals surface area contributed by atoms with Crippen molar-refractivity contribution in [2.75, 3.05) is 14.2 Å². The van der Waals surface area contributed by atoms with Gasteiger partial charge in [-0.15, -0.1) is 0 Å². The molecule has 0 aliphatic heterocycles. The molecule has 16 heavy (non-hydrogen) atoms. The topological polar surface area (TPSA) is 61.6 Å². The highest BCUT2D eigenvalue weighted by Crippen LogP contribution is 2.00. The van der Waals surface area contributed by atoms with Gasteiger partial charge in [0.2, 0.25) is 0 Å². The molecule has 0 aliphatic rings. The van der Waals surface area contributed by atoms with E-state index in [0.717, 1.165) is 11.8 Å². The third-order valence-corrected chi connectivity index (χ3v) is 2.02. The quantitative estimate of drug-likeness (QED) is 0.624. The maximum atomic E-state index is 10.2. The summed E-state index contributed by atoms with van der Waals surface area (Å²) in [7, 11) is 3.21. The normalized spacial score (nSPS) is 9.56. The van der Waals surface area contributed by atoms with Gasteiger partial charge in [0.05, 0.1) is 0 Å². The average Bonchev–Trinajstić information content (AvgIpc) is 2.38. The Labute approximate surface area is 96.4 Å². The van der Waals surface area contributed by atoms with Gasteiger partial charge in [-0.05, 0) is 12.5 Å². The molecule has 0 amide bonds. The van der Waals surface area contributed by atoms with Crippen LogP contribution in [0.15, 0.2) is 24.3 Å². The molecule has 0 heterocycles. The molecule has 0 bridgehead atoms. The van der Waals surface area contributed by atoms with Crippen LogP contribution in [0.3, 0.4) is 0 Å². The number of hydrogen-bond acceptors (Lipinski definition) is 4. The fourth-order valence-corrected chi connectivity index (χ4v) is 0.829. The van der Waals surface area contributed by atoms with Crippen LogP contribution in [0, 0.1) is 0 Å². The summed E-state index contributed by atoms with van der Waals surface area (Å²) < 4.78 is 9.35. The molecule has 1 rings (SSSR count). The first-order valence-electron chi connectivity index (χ1n) is 4.97. The minimum absolute atomic E-state index is 0.0648. The van der Waals surface area contributed by atoms with Gasteiger partial charge < -0.3 is 15.2 Å². The molecule has 0 unspecified atom stereocenters. The van der Waals surface area contributed by atoms with Crippen molar-refractivity contribution in [2.45, 2.75) is 19.8 Å². The van der Waals surface area contributed by atoms with Gasteiger partial charge in [0, 0.05) is 26.3 Å². The Hall–Kier alpha value is -1.23. The highest BCUT2D eigenvalue weighted by molar-refractivity contribution is 5.74. The van der Waals surface area contributed by atoms with Crippen LogP contribution < -0.4 is 5.73 Å². The summed E-state index contributed by atoms with van der Waals surface area (Å²) in [5.74, 6) is 0. The summed E-state index contributed by atoms with van der Waals surface area (Å²) in [5, 5.41) is 0. The third kappa shape index (κ3) is 6.29. The number of aldehydes is 1. The van der Waals surface area contributed by atoms with Crippen LogP contribution in [0.5, 0.6) is 0 Å². The molecule has 2 N–H and O–H groups in total. The molecule has 0 aliphatic carbocycles. The first-order valence-corrected chi connectivity index (χ1v) is 4.97. The molecular formula is C12H19NO3. The van der Waals surface area contributed by atoms with Gasteiger partial charge >= 0.3 is 0 Å². The monoisotopic (exact) mass is 225 g/mol. The lowest BCUT2D eigenvalue weighted by Crippen LogP contribution is -2.05. The number of methoxy groups -OCH3 is 2. The first kappa shape index (κ1) is 14.8. The lowest BCUT2D eigenvalue weighted by molar-refractivity contribution is -0.0877. The number of hydrogen-bond donors (Lipinski definition) is 1. The first-order chi connectivity index (χ1) is 7.67. The number of nitrogens with two attached hydrogens (primary N) is 1. The van der Waals surface area contributed by atoms with Crippen LogP contribution in [0.25, 0.3) is 0 Å². The highest BCUT2D eigenvalue weighted by Gasteiger charge is 1.89. The number of carbonyl (C=O) groups is 1. The Morgan fingerprint density at radius 2 is 1.75 bits per heavy atom. The predicted molar refractivity (Wildman–Crippen MR) is 63.2 cm³/mol. The Morgan fingerprint density at radius 3 is 2.00 bits per heavy atom. The van der Waals surface area contributed by atoms with Gasteiger partial charge in [-0.25, -0.2) is 0 Å². The molecule has 1 aromatic carbocycles. The Kier molecular flexibility index (Phi) is 8.34. The van der Waals surface area contributed by atoms with Gasteiger partial charge in [-0.3, -0.25) is 4.79 Å². The van der Waals surface area contributed by atoms with Gasteiger partial charge in [-0.2, -0.15) is 0 Å². The van der Waals surface area contributed by atoms with Crippen LogP contribution in [-0.4, -0.2) is 26.8 Å². The SMILES string of the molecule is COC(C)OC.NCc1ccc(C=O)cc1. The van der Waals surface area contributed by atoms with E-state index in [-0.39, 0.29) is 6.29 Å². The zero-order valence-electron chi connectivity index (χ0n) is 9.97. The van der Waals surface area contributed by atoms with E-state index in [1.54, 1.807) is 26.4 Å². The van der Waals surface area contributed by atoms with Gasteiger partial charge in [-0.1, -0.05) is 24.3 Å². The molecule has 0 saturated carbocycles. The number of benzene rings is 1. The lowest BCUT2D eigenvalue weighted by atomic mass is 10.1. The summed E-state index contributed by atoms with van der Waals surface area (Å²) in [6.07, 6.45) is 0.755. The van der Waals surface area contributed by atoms with E-state index in [2.05, 4.69) is 9.47 Å². The van der Waals surface area contributed by atoms with Crippen molar-refractivity contribution < 1.29 is 14.3 Å². The average molecular weight is 225 g/mol. The van der Waals surface area contributed by atoms with E-state index < -0.39 is 0 Å². The Bertz CT molecular complexity index is 281. The largest absolute Gasteiger partial charge is 0.356 e. The smallest absolute Gasteiger partial charge is 0.154 e. The van der Waals surface area contributed by atoms with Crippen molar-refractivity contribution in [3.8, 4) is 0 Å². The second-order valence-electron chi connectivity index (χ2n) is 3.10. The molecule has 4 heteroatoms. The molecule has 0 spiro atoms. The van der Waals surface area contributed by atoms with Crippen molar-refractivity contribution in [2.24, 2.45) is 5.73 Å². The standard InChI is InChI=1S/C8H9NO.C4H10O2/c9-5-7-1-3-8(6-10)4-2-7;1-4(5-2)6-3/h1-4,6H,5,9H2;4H,1-3H3. The highest BCUT2D eigenvalue weighted by atomic mass is 16.7. The second kappa shape index (κ2) is 9.03. The van der Waals surface area contributed by atoms with Crippen LogP contribution in [-0.2, 0) is 16.0 Å². The van der Waals surface area contributed by atoms with E-state index >= 15 is 0 Å². The van der Waals surface area contributed by atoms with E-state index in [0.29, 0.717) is 12.1 Å². The number of carbonyl (C=O) groups excluding carboxylic acids is 1. The summed E-state index contributed by atoms with van der Waals surface area (Å²) in [4.78, 5) is 10.2.